The first kappa shape index (κ1) is 13.9. The normalized spacial score (nSPS) is 16.1. The number of phenolic OH excluding ortho intramolecular Hbond substituents is 1. The van der Waals surface area contributed by atoms with Gasteiger partial charge in [0.05, 0.1) is 0 Å². The second-order valence-electron chi connectivity index (χ2n) is 5.59. The van der Waals surface area contributed by atoms with Crippen molar-refractivity contribution in [3.05, 3.63) is 53.9 Å². The van der Waals surface area contributed by atoms with Crippen molar-refractivity contribution in [3.63, 3.8) is 0 Å². The molecule has 2 heterocycles. The molecule has 3 rings (SSSR count). The molecule has 0 radical (unpaired) electrons. The van der Waals surface area contributed by atoms with Gasteiger partial charge in [0.2, 0.25) is 0 Å². The van der Waals surface area contributed by atoms with E-state index in [1.807, 2.05) is 25.3 Å². The molecule has 0 bridgehead atoms. The van der Waals surface area contributed by atoms with Gasteiger partial charge >= 0.3 is 0 Å². The molecule has 110 valence electrons. The Morgan fingerprint density at radius 3 is 2.62 bits per heavy atom. The molecule has 0 saturated carbocycles. The molecule has 1 aliphatic rings. The van der Waals surface area contributed by atoms with Gasteiger partial charge < -0.3 is 10.0 Å². The van der Waals surface area contributed by atoms with Crippen molar-refractivity contribution in [1.29, 1.82) is 0 Å². The van der Waals surface area contributed by atoms with Crippen LogP contribution in [0.2, 0.25) is 0 Å². The standard InChI is InChI=1S/C17H21N3O/c1-14-11-16(5-6-18-14)20-9-7-19(8-10-20)13-15-3-2-4-17(21)12-15/h2-6,11-12,21H,7-10,13H2,1H3. The summed E-state index contributed by atoms with van der Waals surface area (Å²) in [5.74, 6) is 0.346. The summed E-state index contributed by atoms with van der Waals surface area (Å²) >= 11 is 0. The van der Waals surface area contributed by atoms with E-state index in [1.54, 1.807) is 6.07 Å². The number of aromatic hydroxyl groups is 1. The maximum Gasteiger partial charge on any atom is 0.115 e. The molecule has 4 nitrogen and oxygen atoms in total. The minimum Gasteiger partial charge on any atom is -0.508 e. The number of nitrogens with zero attached hydrogens (tertiary/aromatic N) is 3. The van der Waals surface area contributed by atoms with Gasteiger partial charge in [0, 0.05) is 50.3 Å². The van der Waals surface area contributed by atoms with Gasteiger partial charge in [-0.05, 0) is 36.8 Å². The lowest BCUT2D eigenvalue weighted by Gasteiger charge is -2.36. The summed E-state index contributed by atoms with van der Waals surface area (Å²) in [6, 6.07) is 11.8. The minimum atomic E-state index is 0.346. The number of anilines is 1. The molecule has 1 aromatic heterocycles. The van der Waals surface area contributed by atoms with Crippen molar-refractivity contribution >= 4 is 5.69 Å². The minimum absolute atomic E-state index is 0.346. The maximum absolute atomic E-state index is 9.53. The number of benzene rings is 1. The fourth-order valence-corrected chi connectivity index (χ4v) is 2.80. The summed E-state index contributed by atoms with van der Waals surface area (Å²) in [4.78, 5) is 9.09. The van der Waals surface area contributed by atoms with E-state index in [0.717, 1.165) is 38.4 Å². The van der Waals surface area contributed by atoms with Crippen molar-refractivity contribution in [2.45, 2.75) is 13.5 Å². The third-order valence-electron chi connectivity index (χ3n) is 3.93. The van der Waals surface area contributed by atoms with E-state index in [4.69, 9.17) is 0 Å². The van der Waals surface area contributed by atoms with Crippen LogP contribution in [0.25, 0.3) is 0 Å². The zero-order chi connectivity index (χ0) is 14.7. The molecule has 0 aliphatic carbocycles. The van der Waals surface area contributed by atoms with Gasteiger partial charge in [-0.25, -0.2) is 0 Å². The van der Waals surface area contributed by atoms with Gasteiger partial charge in [-0.1, -0.05) is 12.1 Å². The summed E-state index contributed by atoms with van der Waals surface area (Å²) in [7, 11) is 0. The summed E-state index contributed by atoms with van der Waals surface area (Å²) < 4.78 is 0. The molecule has 1 N–H and O–H groups in total. The molecule has 2 aromatic rings. The lowest BCUT2D eigenvalue weighted by molar-refractivity contribution is 0.249. The van der Waals surface area contributed by atoms with E-state index < -0.39 is 0 Å². The Balaban J connectivity index is 1.58. The zero-order valence-electron chi connectivity index (χ0n) is 12.4. The largest absolute Gasteiger partial charge is 0.508 e. The maximum atomic E-state index is 9.53. The summed E-state index contributed by atoms with van der Waals surface area (Å²) in [5, 5.41) is 9.53. The van der Waals surface area contributed by atoms with E-state index in [0.29, 0.717) is 5.75 Å². The average Bonchev–Trinajstić information content (AvgIpc) is 2.48. The van der Waals surface area contributed by atoms with Crippen LogP contribution in [0.1, 0.15) is 11.3 Å². The fourth-order valence-electron chi connectivity index (χ4n) is 2.80. The predicted molar refractivity (Wildman–Crippen MR) is 84.6 cm³/mol. The number of aromatic nitrogens is 1. The molecule has 0 atom stereocenters. The summed E-state index contributed by atoms with van der Waals surface area (Å²) in [6.45, 7) is 7.07. The van der Waals surface area contributed by atoms with Crippen LogP contribution >= 0.6 is 0 Å². The number of phenols is 1. The van der Waals surface area contributed by atoms with Crippen LogP contribution in [0.5, 0.6) is 5.75 Å². The Morgan fingerprint density at radius 1 is 1.10 bits per heavy atom. The van der Waals surface area contributed by atoms with E-state index in [9.17, 15) is 5.11 Å². The van der Waals surface area contributed by atoms with Crippen LogP contribution in [-0.4, -0.2) is 41.2 Å². The fraction of sp³-hybridized carbons (Fsp3) is 0.353. The molecule has 1 aromatic carbocycles. The Labute approximate surface area is 125 Å². The van der Waals surface area contributed by atoms with E-state index in [1.165, 1.54) is 11.3 Å². The third-order valence-corrected chi connectivity index (χ3v) is 3.93. The third kappa shape index (κ3) is 3.52. The number of hydrogen-bond donors (Lipinski definition) is 1. The second kappa shape index (κ2) is 6.14. The number of hydrogen-bond acceptors (Lipinski definition) is 4. The van der Waals surface area contributed by atoms with Crippen LogP contribution in [0.15, 0.2) is 42.6 Å². The van der Waals surface area contributed by atoms with Crippen molar-refractivity contribution < 1.29 is 5.11 Å². The Morgan fingerprint density at radius 2 is 1.90 bits per heavy atom. The van der Waals surface area contributed by atoms with E-state index in [2.05, 4.69) is 33.0 Å². The average molecular weight is 283 g/mol. The van der Waals surface area contributed by atoms with E-state index >= 15 is 0 Å². The Kier molecular flexibility index (Phi) is 4.06. The first-order chi connectivity index (χ1) is 10.2. The number of rotatable bonds is 3. The monoisotopic (exact) mass is 283 g/mol. The highest BCUT2D eigenvalue weighted by molar-refractivity contribution is 5.46. The highest BCUT2D eigenvalue weighted by Gasteiger charge is 2.17. The molecule has 1 aliphatic heterocycles. The smallest absolute Gasteiger partial charge is 0.115 e. The second-order valence-corrected chi connectivity index (χ2v) is 5.59. The van der Waals surface area contributed by atoms with Crippen LogP contribution in [-0.2, 0) is 6.54 Å². The molecule has 0 amide bonds. The van der Waals surface area contributed by atoms with Crippen molar-refractivity contribution in [2.75, 3.05) is 31.1 Å². The topological polar surface area (TPSA) is 39.6 Å². The van der Waals surface area contributed by atoms with Crippen molar-refractivity contribution in [1.82, 2.24) is 9.88 Å². The first-order valence-electron chi connectivity index (χ1n) is 7.38. The molecule has 21 heavy (non-hydrogen) atoms. The predicted octanol–water partition coefficient (Wildman–Crippen LogP) is 2.42. The quantitative estimate of drug-likeness (QED) is 0.939. The SMILES string of the molecule is Cc1cc(N2CCN(Cc3cccc(O)c3)CC2)ccn1. The van der Waals surface area contributed by atoms with Gasteiger partial charge in [0.1, 0.15) is 5.75 Å². The van der Waals surface area contributed by atoms with Crippen LogP contribution in [0.4, 0.5) is 5.69 Å². The van der Waals surface area contributed by atoms with Crippen LogP contribution in [0.3, 0.4) is 0 Å². The van der Waals surface area contributed by atoms with Gasteiger partial charge in [-0.15, -0.1) is 0 Å². The Bertz CT molecular complexity index is 606. The molecule has 0 spiro atoms. The summed E-state index contributed by atoms with van der Waals surface area (Å²) in [6.07, 6.45) is 1.88. The van der Waals surface area contributed by atoms with Gasteiger partial charge in [0.15, 0.2) is 0 Å². The molecule has 1 saturated heterocycles. The first-order valence-corrected chi connectivity index (χ1v) is 7.38. The number of pyridine rings is 1. The lowest BCUT2D eigenvalue weighted by atomic mass is 10.2. The van der Waals surface area contributed by atoms with Gasteiger partial charge in [-0.3, -0.25) is 9.88 Å². The molecule has 1 fully saturated rings. The molecule has 4 heteroatoms. The van der Waals surface area contributed by atoms with Gasteiger partial charge in [-0.2, -0.15) is 0 Å². The highest BCUT2D eigenvalue weighted by Crippen LogP contribution is 2.18. The van der Waals surface area contributed by atoms with Crippen molar-refractivity contribution in [3.8, 4) is 5.75 Å². The Hall–Kier alpha value is -2.07. The molecular formula is C17H21N3O. The lowest BCUT2D eigenvalue weighted by Crippen LogP contribution is -2.46. The van der Waals surface area contributed by atoms with E-state index in [-0.39, 0.29) is 0 Å². The van der Waals surface area contributed by atoms with Crippen LogP contribution in [0, 0.1) is 6.92 Å². The summed E-state index contributed by atoms with van der Waals surface area (Å²) in [5.41, 5.74) is 3.50. The van der Waals surface area contributed by atoms with Crippen molar-refractivity contribution in [2.24, 2.45) is 0 Å². The zero-order valence-corrected chi connectivity index (χ0v) is 12.4. The van der Waals surface area contributed by atoms with Gasteiger partial charge in [0.25, 0.3) is 0 Å². The van der Waals surface area contributed by atoms with Crippen LogP contribution < -0.4 is 4.90 Å². The number of piperazine rings is 1. The molecular weight excluding hydrogens is 262 g/mol. The highest BCUT2D eigenvalue weighted by atomic mass is 16.3. The molecule has 0 unspecified atom stereocenters. The number of aryl methyl sites for hydroxylation is 1.